The summed E-state index contributed by atoms with van der Waals surface area (Å²) in [4.78, 5) is 16.4. The van der Waals surface area contributed by atoms with E-state index in [0.29, 0.717) is 12.1 Å². The van der Waals surface area contributed by atoms with Gasteiger partial charge in [0, 0.05) is 0 Å². The van der Waals surface area contributed by atoms with Crippen LogP contribution in [-0.2, 0) is 4.74 Å². The van der Waals surface area contributed by atoms with Crippen LogP contribution in [0.25, 0.3) is 0 Å². The van der Waals surface area contributed by atoms with Crippen LogP contribution in [0.1, 0.15) is 42.4 Å². The Morgan fingerprint density at radius 2 is 2.18 bits per heavy atom. The maximum atomic E-state index is 12.4. The van der Waals surface area contributed by atoms with Crippen LogP contribution in [0.15, 0.2) is 61.2 Å². The lowest BCUT2D eigenvalue weighted by Gasteiger charge is -2.17. The van der Waals surface area contributed by atoms with Crippen molar-refractivity contribution >= 4 is 5.97 Å². The minimum Gasteiger partial charge on any atom is -0.453 e. The summed E-state index contributed by atoms with van der Waals surface area (Å²) in [6.45, 7) is 7.48. The lowest BCUT2D eigenvalue weighted by atomic mass is 10.1. The van der Waals surface area contributed by atoms with Gasteiger partial charge in [0.15, 0.2) is 0 Å². The van der Waals surface area contributed by atoms with E-state index >= 15 is 0 Å². The van der Waals surface area contributed by atoms with Crippen molar-refractivity contribution in [2.45, 2.75) is 32.4 Å². The molecule has 1 unspecified atom stereocenters. The van der Waals surface area contributed by atoms with Crippen molar-refractivity contribution < 1.29 is 9.53 Å². The molecule has 1 aromatic carbocycles. The molecule has 4 heteroatoms. The van der Waals surface area contributed by atoms with Gasteiger partial charge in [0.05, 0.1) is 18.6 Å². The highest BCUT2D eigenvalue weighted by Gasteiger charge is 2.20. The van der Waals surface area contributed by atoms with Crippen LogP contribution in [0.4, 0.5) is 0 Å². The quantitative estimate of drug-likeness (QED) is 0.602. The SMILES string of the molecule is C=C=CC(CC)OC(=O)c1cncn1[C@H](C)c1ccccc1. The number of carbonyl (C=O) groups excluding carboxylic acids is 1. The van der Waals surface area contributed by atoms with Gasteiger partial charge in [-0.1, -0.05) is 43.8 Å². The standard InChI is InChI=1S/C18H20N2O2/c1-4-9-16(5-2)22-18(21)17-12-19-13-20(17)14(3)15-10-7-6-8-11-15/h6-14,16H,1,5H2,2-3H3/t14-,16?/m1/s1. The Balaban J connectivity index is 2.22. The summed E-state index contributed by atoms with van der Waals surface area (Å²) in [7, 11) is 0. The van der Waals surface area contributed by atoms with Crippen molar-refractivity contribution in [3.63, 3.8) is 0 Å². The second-order valence-electron chi connectivity index (χ2n) is 5.00. The van der Waals surface area contributed by atoms with Crippen molar-refractivity contribution in [1.29, 1.82) is 0 Å². The van der Waals surface area contributed by atoms with E-state index in [-0.39, 0.29) is 12.1 Å². The summed E-state index contributed by atoms with van der Waals surface area (Å²) in [5, 5.41) is 0. The van der Waals surface area contributed by atoms with Gasteiger partial charge in [-0.15, -0.1) is 5.73 Å². The molecule has 1 aromatic heterocycles. The molecular weight excluding hydrogens is 276 g/mol. The zero-order chi connectivity index (χ0) is 15.9. The van der Waals surface area contributed by atoms with Crippen LogP contribution in [0.2, 0.25) is 0 Å². The monoisotopic (exact) mass is 296 g/mol. The maximum Gasteiger partial charge on any atom is 0.357 e. The third-order valence-corrected chi connectivity index (χ3v) is 3.54. The molecule has 0 aliphatic carbocycles. The Kier molecular flexibility index (Phi) is 5.34. The van der Waals surface area contributed by atoms with Crippen molar-refractivity contribution in [3.05, 3.63) is 72.5 Å². The van der Waals surface area contributed by atoms with Crippen molar-refractivity contribution in [1.82, 2.24) is 9.55 Å². The molecule has 1 heterocycles. The molecule has 0 bridgehead atoms. The first-order valence-electron chi connectivity index (χ1n) is 7.31. The first-order chi connectivity index (χ1) is 10.7. The van der Waals surface area contributed by atoms with Gasteiger partial charge in [0.25, 0.3) is 0 Å². The minimum absolute atomic E-state index is 0.00118. The number of benzene rings is 1. The molecular formula is C18H20N2O2. The average molecular weight is 296 g/mol. The molecule has 114 valence electrons. The van der Waals surface area contributed by atoms with Crippen LogP contribution in [0.5, 0.6) is 0 Å². The van der Waals surface area contributed by atoms with Gasteiger partial charge in [0.2, 0.25) is 0 Å². The molecule has 0 fully saturated rings. The summed E-state index contributed by atoms with van der Waals surface area (Å²) in [6, 6.07) is 9.96. The van der Waals surface area contributed by atoms with E-state index in [1.807, 2.05) is 48.7 Å². The molecule has 0 N–H and O–H groups in total. The number of esters is 1. The third kappa shape index (κ3) is 3.54. The smallest absolute Gasteiger partial charge is 0.357 e. The van der Waals surface area contributed by atoms with Gasteiger partial charge >= 0.3 is 5.97 Å². The lowest BCUT2D eigenvalue weighted by molar-refractivity contribution is 0.0375. The summed E-state index contributed by atoms with van der Waals surface area (Å²) < 4.78 is 7.27. The molecule has 0 amide bonds. The van der Waals surface area contributed by atoms with E-state index < -0.39 is 5.97 Å². The first-order valence-corrected chi connectivity index (χ1v) is 7.31. The molecule has 2 atom stereocenters. The number of nitrogens with zero attached hydrogens (tertiary/aromatic N) is 2. The Hall–Kier alpha value is -2.58. The Labute approximate surface area is 130 Å². The highest BCUT2D eigenvalue weighted by molar-refractivity contribution is 5.87. The number of hydrogen-bond acceptors (Lipinski definition) is 3. The number of ether oxygens (including phenoxy) is 1. The van der Waals surface area contributed by atoms with E-state index in [1.54, 1.807) is 12.4 Å². The fraction of sp³-hybridized carbons (Fsp3) is 0.278. The van der Waals surface area contributed by atoms with Gasteiger partial charge in [-0.25, -0.2) is 9.78 Å². The first kappa shape index (κ1) is 15.8. The van der Waals surface area contributed by atoms with Crippen LogP contribution >= 0.6 is 0 Å². The van der Waals surface area contributed by atoms with Crippen LogP contribution in [0.3, 0.4) is 0 Å². The second kappa shape index (κ2) is 7.43. The molecule has 0 saturated carbocycles. The van der Waals surface area contributed by atoms with Gasteiger partial charge in [-0.2, -0.15) is 0 Å². The second-order valence-corrected chi connectivity index (χ2v) is 5.00. The third-order valence-electron chi connectivity index (χ3n) is 3.54. The largest absolute Gasteiger partial charge is 0.453 e. The summed E-state index contributed by atoms with van der Waals surface area (Å²) in [6.07, 6.45) is 5.20. The summed E-state index contributed by atoms with van der Waals surface area (Å²) in [5.74, 6) is -0.390. The number of imidazole rings is 1. The Morgan fingerprint density at radius 3 is 2.82 bits per heavy atom. The van der Waals surface area contributed by atoms with Crippen LogP contribution in [0, 0.1) is 0 Å². The Bertz CT molecular complexity index is 669. The normalized spacial score (nSPS) is 13.0. The fourth-order valence-electron chi connectivity index (χ4n) is 2.23. The highest BCUT2D eigenvalue weighted by atomic mass is 16.5. The maximum absolute atomic E-state index is 12.4. The fourth-order valence-corrected chi connectivity index (χ4v) is 2.23. The van der Waals surface area contributed by atoms with E-state index in [0.717, 1.165) is 5.56 Å². The molecule has 2 aromatic rings. The molecule has 0 saturated heterocycles. The predicted molar refractivity (Wildman–Crippen MR) is 85.7 cm³/mol. The molecule has 0 aliphatic heterocycles. The predicted octanol–water partition coefficient (Wildman–Crippen LogP) is 3.77. The van der Waals surface area contributed by atoms with E-state index in [4.69, 9.17) is 4.74 Å². The van der Waals surface area contributed by atoms with Crippen LogP contribution in [-0.4, -0.2) is 21.6 Å². The topological polar surface area (TPSA) is 44.1 Å². The van der Waals surface area contributed by atoms with Crippen LogP contribution < -0.4 is 0 Å². The molecule has 0 radical (unpaired) electrons. The number of aromatic nitrogens is 2. The number of carbonyl (C=O) groups is 1. The molecule has 22 heavy (non-hydrogen) atoms. The molecule has 0 aliphatic rings. The van der Waals surface area contributed by atoms with E-state index in [1.165, 1.54) is 6.20 Å². The van der Waals surface area contributed by atoms with Gasteiger partial charge < -0.3 is 9.30 Å². The molecule has 0 spiro atoms. The van der Waals surface area contributed by atoms with Gasteiger partial charge in [0.1, 0.15) is 11.8 Å². The zero-order valence-electron chi connectivity index (χ0n) is 12.9. The van der Waals surface area contributed by atoms with Gasteiger partial charge in [-0.05, 0) is 25.0 Å². The van der Waals surface area contributed by atoms with Crippen molar-refractivity contribution in [2.24, 2.45) is 0 Å². The van der Waals surface area contributed by atoms with Gasteiger partial charge in [-0.3, -0.25) is 0 Å². The summed E-state index contributed by atoms with van der Waals surface area (Å²) in [5.41, 5.74) is 4.20. The number of hydrogen-bond donors (Lipinski definition) is 0. The van der Waals surface area contributed by atoms with Crippen molar-refractivity contribution in [2.75, 3.05) is 0 Å². The molecule has 2 rings (SSSR count). The lowest BCUT2D eigenvalue weighted by Crippen LogP contribution is -2.20. The Morgan fingerprint density at radius 1 is 1.45 bits per heavy atom. The van der Waals surface area contributed by atoms with E-state index in [9.17, 15) is 4.79 Å². The highest BCUT2D eigenvalue weighted by Crippen LogP contribution is 2.20. The zero-order valence-corrected chi connectivity index (χ0v) is 12.9. The van der Waals surface area contributed by atoms with E-state index in [2.05, 4.69) is 17.3 Å². The average Bonchev–Trinajstić information content (AvgIpc) is 3.04. The number of rotatable bonds is 6. The van der Waals surface area contributed by atoms with Crippen molar-refractivity contribution in [3.8, 4) is 0 Å². The minimum atomic E-state index is -0.390. The molecule has 4 nitrogen and oxygen atoms in total. The summed E-state index contributed by atoms with van der Waals surface area (Å²) >= 11 is 0.